The Morgan fingerprint density at radius 3 is 2.83 bits per heavy atom. The fourth-order valence-corrected chi connectivity index (χ4v) is 4.09. The van der Waals surface area contributed by atoms with Gasteiger partial charge in [0.25, 0.3) is 0 Å². The van der Waals surface area contributed by atoms with Gasteiger partial charge in [0.05, 0.1) is 19.1 Å². The highest BCUT2D eigenvalue weighted by molar-refractivity contribution is 5.89. The van der Waals surface area contributed by atoms with Crippen molar-refractivity contribution in [3.8, 4) is 0 Å². The van der Waals surface area contributed by atoms with Gasteiger partial charge in [0, 0.05) is 43.9 Å². The Bertz CT molecular complexity index is 872. The summed E-state index contributed by atoms with van der Waals surface area (Å²) in [6, 6.07) is 10.2. The number of hydrogen-bond acceptors (Lipinski definition) is 5. The summed E-state index contributed by atoms with van der Waals surface area (Å²) in [6.07, 6.45) is 2.29. The molecule has 1 fully saturated rings. The Hall–Kier alpha value is -2.67. The number of aromatic nitrogens is 2. The molecule has 7 nitrogen and oxygen atoms in total. The van der Waals surface area contributed by atoms with Crippen LogP contribution in [0.2, 0.25) is 0 Å². The average molecular weight is 397 g/mol. The summed E-state index contributed by atoms with van der Waals surface area (Å²) in [6.45, 7) is 4.95. The molecule has 0 bridgehead atoms. The van der Waals surface area contributed by atoms with Gasteiger partial charge in [-0.1, -0.05) is 30.3 Å². The van der Waals surface area contributed by atoms with E-state index in [0.717, 1.165) is 24.1 Å². The number of amides is 1. The molecule has 2 aliphatic rings. The van der Waals surface area contributed by atoms with Gasteiger partial charge >= 0.3 is 5.97 Å². The maximum absolute atomic E-state index is 12.8. The molecule has 0 saturated carbocycles. The molecule has 2 aromatic rings. The number of carbonyl (C=O) groups excluding carboxylic acids is 2. The molecule has 0 N–H and O–H groups in total. The molecular formula is C22H27N3O4. The van der Waals surface area contributed by atoms with E-state index < -0.39 is 5.97 Å². The molecule has 1 saturated heterocycles. The van der Waals surface area contributed by atoms with Crippen molar-refractivity contribution in [2.75, 3.05) is 26.4 Å². The molecule has 1 unspecified atom stereocenters. The summed E-state index contributed by atoms with van der Waals surface area (Å²) in [5.74, 6) is -0.378. The number of nitrogens with zero attached hydrogens (tertiary/aromatic N) is 3. The second-order valence-corrected chi connectivity index (χ2v) is 7.52. The Kier molecular flexibility index (Phi) is 5.94. The zero-order valence-corrected chi connectivity index (χ0v) is 16.8. The first-order valence-electron chi connectivity index (χ1n) is 10.3. The Morgan fingerprint density at radius 2 is 2.10 bits per heavy atom. The van der Waals surface area contributed by atoms with Crippen molar-refractivity contribution in [3.05, 3.63) is 52.8 Å². The number of benzene rings is 1. The molecular weight excluding hydrogens is 370 g/mol. The normalized spacial score (nSPS) is 18.5. The number of aryl methyl sites for hydroxylation is 2. The largest absolute Gasteiger partial charge is 0.461 e. The smallest absolute Gasteiger partial charge is 0.359 e. The predicted octanol–water partition coefficient (Wildman–Crippen LogP) is 2.22. The summed E-state index contributed by atoms with van der Waals surface area (Å²) in [5, 5.41) is 4.60. The van der Waals surface area contributed by atoms with Gasteiger partial charge < -0.3 is 14.4 Å². The number of esters is 1. The van der Waals surface area contributed by atoms with Gasteiger partial charge in [-0.15, -0.1) is 0 Å². The van der Waals surface area contributed by atoms with E-state index in [4.69, 9.17) is 9.47 Å². The highest BCUT2D eigenvalue weighted by Gasteiger charge is 2.34. The molecule has 1 atom stereocenters. The molecule has 2 aliphatic heterocycles. The second kappa shape index (κ2) is 8.78. The van der Waals surface area contributed by atoms with Crippen molar-refractivity contribution in [1.82, 2.24) is 14.7 Å². The van der Waals surface area contributed by atoms with Crippen LogP contribution in [0.25, 0.3) is 0 Å². The molecule has 29 heavy (non-hydrogen) atoms. The monoisotopic (exact) mass is 397 g/mol. The van der Waals surface area contributed by atoms with Gasteiger partial charge in [0.15, 0.2) is 5.69 Å². The van der Waals surface area contributed by atoms with Crippen LogP contribution in [-0.4, -0.2) is 52.9 Å². The van der Waals surface area contributed by atoms with Gasteiger partial charge in [0.1, 0.15) is 0 Å². The molecule has 154 valence electrons. The van der Waals surface area contributed by atoms with E-state index in [1.54, 1.807) is 6.92 Å². The molecule has 0 radical (unpaired) electrons. The third kappa shape index (κ3) is 4.19. The van der Waals surface area contributed by atoms with Crippen LogP contribution < -0.4 is 0 Å². The minimum Gasteiger partial charge on any atom is -0.461 e. The zero-order chi connectivity index (χ0) is 20.2. The van der Waals surface area contributed by atoms with Crippen LogP contribution in [0, 0.1) is 5.92 Å². The highest BCUT2D eigenvalue weighted by Crippen LogP contribution is 2.26. The summed E-state index contributed by atoms with van der Waals surface area (Å²) in [5.41, 5.74) is 3.43. The minimum atomic E-state index is -0.416. The van der Waals surface area contributed by atoms with E-state index in [1.807, 2.05) is 27.8 Å². The molecule has 4 rings (SSSR count). The van der Waals surface area contributed by atoms with Crippen molar-refractivity contribution in [3.63, 3.8) is 0 Å². The maximum Gasteiger partial charge on any atom is 0.359 e. The fraction of sp³-hybridized carbons (Fsp3) is 0.500. The average Bonchev–Trinajstić information content (AvgIpc) is 3.41. The summed E-state index contributed by atoms with van der Waals surface area (Å²) in [7, 11) is 0. The molecule has 3 heterocycles. The maximum atomic E-state index is 12.8. The number of ether oxygens (including phenoxy) is 2. The summed E-state index contributed by atoms with van der Waals surface area (Å²) >= 11 is 0. The van der Waals surface area contributed by atoms with Crippen LogP contribution in [0.3, 0.4) is 0 Å². The fourth-order valence-electron chi connectivity index (χ4n) is 4.09. The first-order valence-corrected chi connectivity index (χ1v) is 10.3. The second-order valence-electron chi connectivity index (χ2n) is 7.52. The lowest BCUT2D eigenvalue weighted by atomic mass is 10.0. The molecule has 7 heteroatoms. The van der Waals surface area contributed by atoms with E-state index in [0.29, 0.717) is 51.6 Å². The minimum absolute atomic E-state index is 0.0734. The van der Waals surface area contributed by atoms with Crippen LogP contribution in [-0.2, 0) is 40.2 Å². The van der Waals surface area contributed by atoms with E-state index >= 15 is 0 Å². The lowest BCUT2D eigenvalue weighted by Crippen LogP contribution is -2.40. The zero-order valence-electron chi connectivity index (χ0n) is 16.8. The third-order valence-corrected chi connectivity index (χ3v) is 5.65. The topological polar surface area (TPSA) is 73.7 Å². The van der Waals surface area contributed by atoms with Gasteiger partial charge in [-0.3, -0.25) is 9.48 Å². The molecule has 1 aromatic heterocycles. The Labute approximate surface area is 170 Å². The van der Waals surface area contributed by atoms with Gasteiger partial charge in [-0.2, -0.15) is 5.10 Å². The van der Waals surface area contributed by atoms with Crippen molar-refractivity contribution >= 4 is 11.9 Å². The Morgan fingerprint density at radius 1 is 1.28 bits per heavy atom. The van der Waals surface area contributed by atoms with Crippen LogP contribution in [0.4, 0.5) is 0 Å². The molecule has 0 spiro atoms. The van der Waals surface area contributed by atoms with E-state index in [9.17, 15) is 9.59 Å². The van der Waals surface area contributed by atoms with Gasteiger partial charge in [-0.25, -0.2) is 4.79 Å². The quantitative estimate of drug-likeness (QED) is 0.699. The van der Waals surface area contributed by atoms with Crippen LogP contribution in [0.1, 0.15) is 40.7 Å². The lowest BCUT2D eigenvalue weighted by molar-refractivity contribution is -0.136. The number of hydrogen-bond donors (Lipinski definition) is 0. The standard InChI is InChI=1S/C22H27N3O4/c1-2-29-22(27)20-18-14-24(21(26)17-10-13-28-15-17)11-9-19(18)25(23-20)12-8-16-6-4-3-5-7-16/h3-7,17H,2,8-15H2,1H3. The molecule has 1 aromatic carbocycles. The highest BCUT2D eigenvalue weighted by atomic mass is 16.5. The summed E-state index contributed by atoms with van der Waals surface area (Å²) in [4.78, 5) is 27.2. The van der Waals surface area contributed by atoms with E-state index in [-0.39, 0.29) is 11.8 Å². The van der Waals surface area contributed by atoms with E-state index in [1.165, 1.54) is 5.56 Å². The molecule has 0 aliphatic carbocycles. The summed E-state index contributed by atoms with van der Waals surface area (Å²) < 4.78 is 12.5. The van der Waals surface area contributed by atoms with Crippen LogP contribution in [0.5, 0.6) is 0 Å². The van der Waals surface area contributed by atoms with Gasteiger partial charge in [0.2, 0.25) is 5.91 Å². The van der Waals surface area contributed by atoms with Crippen molar-refractivity contribution in [1.29, 1.82) is 0 Å². The first kappa shape index (κ1) is 19.6. The molecule has 1 amide bonds. The third-order valence-electron chi connectivity index (χ3n) is 5.65. The van der Waals surface area contributed by atoms with Crippen LogP contribution >= 0.6 is 0 Å². The number of fused-ring (bicyclic) bond motifs is 1. The van der Waals surface area contributed by atoms with Crippen molar-refractivity contribution in [2.45, 2.75) is 39.3 Å². The predicted molar refractivity (Wildman–Crippen MR) is 106 cm³/mol. The first-order chi connectivity index (χ1) is 14.2. The number of rotatable bonds is 6. The van der Waals surface area contributed by atoms with Crippen molar-refractivity contribution < 1.29 is 19.1 Å². The Balaban J connectivity index is 1.56. The van der Waals surface area contributed by atoms with Crippen LogP contribution in [0.15, 0.2) is 30.3 Å². The van der Waals surface area contributed by atoms with Gasteiger partial charge in [-0.05, 0) is 25.3 Å². The lowest BCUT2D eigenvalue weighted by Gasteiger charge is -2.29. The number of carbonyl (C=O) groups is 2. The SMILES string of the molecule is CCOC(=O)c1nn(CCc2ccccc2)c2c1CN(C(=O)C1CCOC1)CC2. The van der Waals surface area contributed by atoms with Crippen molar-refractivity contribution in [2.24, 2.45) is 5.92 Å². The van der Waals surface area contributed by atoms with E-state index in [2.05, 4.69) is 17.2 Å².